The molecule has 2 aliphatic rings. The van der Waals surface area contributed by atoms with Crippen LogP contribution in [0.1, 0.15) is 34.6 Å². The summed E-state index contributed by atoms with van der Waals surface area (Å²) in [4.78, 5) is 15.2. The number of rotatable bonds is 3. The molecule has 1 atom stereocenters. The summed E-state index contributed by atoms with van der Waals surface area (Å²) >= 11 is 0. The van der Waals surface area contributed by atoms with Crippen LogP contribution < -0.4 is 19.7 Å². The zero-order valence-corrected chi connectivity index (χ0v) is 15.5. The van der Waals surface area contributed by atoms with Gasteiger partial charge in [0.1, 0.15) is 6.17 Å². The van der Waals surface area contributed by atoms with Crippen molar-refractivity contribution in [1.29, 1.82) is 0 Å². The third-order valence-corrected chi connectivity index (χ3v) is 5.26. The summed E-state index contributed by atoms with van der Waals surface area (Å²) in [7, 11) is 0. The van der Waals surface area contributed by atoms with Gasteiger partial charge in [-0.15, -0.1) is 0 Å². The molecule has 0 spiro atoms. The first-order chi connectivity index (χ1) is 13.7. The molecule has 2 aliphatic heterocycles. The molecule has 0 bridgehead atoms. The predicted molar refractivity (Wildman–Crippen MR) is 108 cm³/mol. The minimum Gasteiger partial charge on any atom is -0.454 e. The summed E-state index contributed by atoms with van der Waals surface area (Å²) < 4.78 is 11.0. The van der Waals surface area contributed by atoms with Crippen LogP contribution in [0.2, 0.25) is 0 Å². The molecule has 28 heavy (non-hydrogen) atoms. The summed E-state index contributed by atoms with van der Waals surface area (Å²) in [5.41, 5.74) is 4.52. The zero-order valence-electron chi connectivity index (χ0n) is 15.5. The Labute approximate surface area is 163 Å². The fourth-order valence-corrected chi connectivity index (χ4v) is 3.73. The van der Waals surface area contributed by atoms with Gasteiger partial charge in [-0.25, -0.2) is 0 Å². The number of nitrogens with zero attached hydrogens (tertiary/aromatic N) is 1. The Morgan fingerprint density at radius 3 is 2.61 bits per heavy atom. The third kappa shape index (κ3) is 2.67. The van der Waals surface area contributed by atoms with Crippen LogP contribution in [-0.2, 0) is 6.42 Å². The van der Waals surface area contributed by atoms with Crippen molar-refractivity contribution in [2.24, 2.45) is 0 Å². The number of para-hydroxylation sites is 1. The molecule has 5 heteroatoms. The third-order valence-electron chi connectivity index (χ3n) is 5.26. The maximum Gasteiger partial charge on any atom is 0.262 e. The van der Waals surface area contributed by atoms with Crippen LogP contribution in [-0.4, -0.2) is 12.7 Å². The summed E-state index contributed by atoms with van der Waals surface area (Å²) in [6, 6.07) is 21.6. The SMILES string of the molecule is CCc1ccc(N2C(=O)c3ccccc3NC2c2ccc3c(c2)OCO3)cc1. The van der Waals surface area contributed by atoms with E-state index in [9.17, 15) is 4.79 Å². The molecular formula is C23H20N2O3. The van der Waals surface area contributed by atoms with E-state index >= 15 is 0 Å². The lowest BCUT2D eigenvalue weighted by Crippen LogP contribution is -2.43. The van der Waals surface area contributed by atoms with E-state index in [-0.39, 0.29) is 18.9 Å². The number of anilines is 2. The van der Waals surface area contributed by atoms with E-state index in [1.54, 1.807) is 4.90 Å². The Balaban J connectivity index is 1.62. The van der Waals surface area contributed by atoms with Crippen LogP contribution in [0.5, 0.6) is 11.5 Å². The van der Waals surface area contributed by atoms with Gasteiger partial charge in [0.15, 0.2) is 11.5 Å². The number of fused-ring (bicyclic) bond motifs is 2. The Hall–Kier alpha value is -3.47. The van der Waals surface area contributed by atoms with Crippen molar-refractivity contribution in [3.05, 3.63) is 83.4 Å². The molecule has 1 amide bonds. The van der Waals surface area contributed by atoms with Crippen molar-refractivity contribution in [3.63, 3.8) is 0 Å². The molecule has 3 aromatic carbocycles. The first-order valence-electron chi connectivity index (χ1n) is 9.42. The number of hydrogen-bond acceptors (Lipinski definition) is 4. The second-order valence-corrected chi connectivity index (χ2v) is 6.90. The van der Waals surface area contributed by atoms with Gasteiger partial charge in [-0.2, -0.15) is 0 Å². The van der Waals surface area contributed by atoms with Gasteiger partial charge in [-0.3, -0.25) is 9.69 Å². The van der Waals surface area contributed by atoms with Crippen molar-refractivity contribution in [2.45, 2.75) is 19.5 Å². The fourth-order valence-electron chi connectivity index (χ4n) is 3.73. The number of carbonyl (C=O) groups excluding carboxylic acids is 1. The molecule has 0 aromatic heterocycles. The highest BCUT2D eigenvalue weighted by Crippen LogP contribution is 2.40. The van der Waals surface area contributed by atoms with Gasteiger partial charge in [0.05, 0.1) is 5.56 Å². The van der Waals surface area contributed by atoms with Gasteiger partial charge in [0, 0.05) is 11.4 Å². The van der Waals surface area contributed by atoms with Gasteiger partial charge < -0.3 is 14.8 Å². The molecule has 140 valence electrons. The van der Waals surface area contributed by atoms with Gasteiger partial charge in [0.25, 0.3) is 5.91 Å². The number of carbonyl (C=O) groups is 1. The highest BCUT2D eigenvalue weighted by atomic mass is 16.7. The molecule has 3 aromatic rings. The topological polar surface area (TPSA) is 50.8 Å². The number of hydrogen-bond donors (Lipinski definition) is 1. The molecule has 0 radical (unpaired) electrons. The number of aryl methyl sites for hydroxylation is 1. The fraction of sp³-hybridized carbons (Fsp3) is 0.174. The van der Waals surface area contributed by atoms with Crippen LogP contribution in [0.15, 0.2) is 66.7 Å². The largest absolute Gasteiger partial charge is 0.454 e. The van der Waals surface area contributed by atoms with Gasteiger partial charge in [-0.1, -0.05) is 37.3 Å². The highest BCUT2D eigenvalue weighted by Gasteiger charge is 2.34. The lowest BCUT2D eigenvalue weighted by atomic mass is 10.0. The first-order valence-corrected chi connectivity index (χ1v) is 9.42. The molecule has 0 fully saturated rings. The van der Waals surface area contributed by atoms with E-state index in [2.05, 4.69) is 24.4 Å². The van der Waals surface area contributed by atoms with Crippen LogP contribution in [0.3, 0.4) is 0 Å². The Morgan fingerprint density at radius 2 is 1.79 bits per heavy atom. The zero-order chi connectivity index (χ0) is 19.1. The maximum absolute atomic E-state index is 13.4. The molecule has 2 heterocycles. The number of benzene rings is 3. The van der Waals surface area contributed by atoms with Crippen LogP contribution in [0.25, 0.3) is 0 Å². The van der Waals surface area contributed by atoms with Crippen molar-refractivity contribution in [1.82, 2.24) is 0 Å². The molecule has 1 N–H and O–H groups in total. The standard InChI is InChI=1S/C23H20N2O3/c1-2-15-7-10-17(11-8-15)25-22(16-9-12-20-21(13-16)28-14-27-20)24-19-6-4-3-5-18(19)23(25)26/h3-13,22,24H,2,14H2,1H3. The number of nitrogens with one attached hydrogen (secondary N) is 1. The summed E-state index contributed by atoms with van der Waals surface area (Å²) in [5, 5.41) is 3.52. The predicted octanol–water partition coefficient (Wildman–Crippen LogP) is 4.75. The highest BCUT2D eigenvalue weighted by molar-refractivity contribution is 6.12. The maximum atomic E-state index is 13.4. The van der Waals surface area contributed by atoms with Crippen molar-refractivity contribution >= 4 is 17.3 Å². The first kappa shape index (κ1) is 16.7. The second kappa shape index (κ2) is 6.60. The summed E-state index contributed by atoms with van der Waals surface area (Å²) in [5.74, 6) is 1.40. The minimum atomic E-state index is -0.343. The van der Waals surface area contributed by atoms with E-state index in [0.717, 1.165) is 29.1 Å². The molecule has 5 rings (SSSR count). The van der Waals surface area contributed by atoms with Gasteiger partial charge >= 0.3 is 0 Å². The quantitative estimate of drug-likeness (QED) is 0.721. The second-order valence-electron chi connectivity index (χ2n) is 6.90. The van der Waals surface area contributed by atoms with Crippen LogP contribution >= 0.6 is 0 Å². The van der Waals surface area contributed by atoms with Gasteiger partial charge in [-0.05, 0) is 53.9 Å². The van der Waals surface area contributed by atoms with E-state index < -0.39 is 0 Å². The smallest absolute Gasteiger partial charge is 0.262 e. The van der Waals surface area contributed by atoms with Crippen LogP contribution in [0.4, 0.5) is 11.4 Å². The Morgan fingerprint density at radius 1 is 1.00 bits per heavy atom. The number of ether oxygens (including phenoxy) is 2. The molecule has 5 nitrogen and oxygen atoms in total. The van der Waals surface area contributed by atoms with Gasteiger partial charge in [0.2, 0.25) is 6.79 Å². The average molecular weight is 372 g/mol. The van der Waals surface area contributed by atoms with Crippen molar-refractivity contribution in [2.75, 3.05) is 17.0 Å². The normalized spacial score (nSPS) is 17.2. The molecule has 0 saturated carbocycles. The monoisotopic (exact) mass is 372 g/mol. The molecule has 1 unspecified atom stereocenters. The lowest BCUT2D eigenvalue weighted by Gasteiger charge is -2.38. The minimum absolute atomic E-state index is 0.0266. The molecular weight excluding hydrogens is 352 g/mol. The van der Waals surface area contributed by atoms with E-state index in [1.165, 1.54) is 5.56 Å². The van der Waals surface area contributed by atoms with E-state index in [4.69, 9.17) is 9.47 Å². The Bertz CT molecular complexity index is 1050. The van der Waals surface area contributed by atoms with Crippen molar-refractivity contribution < 1.29 is 14.3 Å². The van der Waals surface area contributed by atoms with E-state index in [0.29, 0.717) is 11.3 Å². The Kier molecular flexibility index (Phi) is 3.93. The van der Waals surface area contributed by atoms with Crippen molar-refractivity contribution in [3.8, 4) is 11.5 Å². The van der Waals surface area contributed by atoms with E-state index in [1.807, 2.05) is 54.6 Å². The molecule has 0 saturated heterocycles. The summed E-state index contributed by atoms with van der Waals surface area (Å²) in [6.07, 6.45) is 0.616. The average Bonchev–Trinajstić information content (AvgIpc) is 3.22. The number of amides is 1. The summed E-state index contributed by atoms with van der Waals surface area (Å²) in [6.45, 7) is 2.34. The van der Waals surface area contributed by atoms with Crippen LogP contribution in [0, 0.1) is 0 Å². The molecule has 0 aliphatic carbocycles. The lowest BCUT2D eigenvalue weighted by molar-refractivity contribution is 0.0975.